The van der Waals surface area contributed by atoms with Gasteiger partial charge in [0, 0.05) is 42.6 Å². The minimum atomic E-state index is 0.0337. The van der Waals surface area contributed by atoms with Crippen LogP contribution in [0.4, 0.5) is 11.4 Å². The Labute approximate surface area is 147 Å². The van der Waals surface area contributed by atoms with Crippen molar-refractivity contribution in [3.05, 3.63) is 54.4 Å². The average molecular weight is 341 g/mol. The maximum Gasteiger partial charge on any atom is 0.234 e. The van der Waals surface area contributed by atoms with Gasteiger partial charge in [-0.05, 0) is 48.2 Å². The Morgan fingerprint density at radius 2 is 2.17 bits per heavy atom. The molecule has 1 aliphatic heterocycles. The number of carbonyl (C=O) groups is 1. The number of thioether (sulfide) groups is 1. The van der Waals surface area contributed by atoms with Crippen LogP contribution < -0.4 is 10.2 Å². The van der Waals surface area contributed by atoms with Crippen LogP contribution in [0.1, 0.15) is 18.9 Å². The summed E-state index contributed by atoms with van der Waals surface area (Å²) in [5.74, 6) is 2.04. The van der Waals surface area contributed by atoms with Gasteiger partial charge < -0.3 is 10.2 Å². The number of nitrogens with one attached hydrogen (secondary N) is 1. The molecule has 0 bridgehead atoms. The highest BCUT2D eigenvalue weighted by Gasteiger charge is 2.18. The molecule has 2 aromatic rings. The number of pyridine rings is 1. The zero-order chi connectivity index (χ0) is 16.8. The van der Waals surface area contributed by atoms with E-state index in [0.717, 1.165) is 36.0 Å². The third-order valence-electron chi connectivity index (χ3n) is 4.16. The van der Waals surface area contributed by atoms with E-state index in [1.165, 1.54) is 12.1 Å². The van der Waals surface area contributed by atoms with Crippen molar-refractivity contribution in [2.45, 2.75) is 19.1 Å². The maximum absolute atomic E-state index is 12.0. The lowest BCUT2D eigenvalue weighted by Crippen LogP contribution is -2.19. The summed E-state index contributed by atoms with van der Waals surface area (Å²) in [6, 6.07) is 12.1. The Morgan fingerprint density at radius 1 is 1.33 bits per heavy atom. The first-order valence-electron chi connectivity index (χ1n) is 8.32. The predicted octanol–water partition coefficient (Wildman–Crippen LogP) is 3.80. The third kappa shape index (κ3) is 4.74. The third-order valence-corrected chi connectivity index (χ3v) is 5.17. The van der Waals surface area contributed by atoms with Crippen LogP contribution in [-0.4, -0.2) is 29.7 Å². The van der Waals surface area contributed by atoms with Gasteiger partial charge in [0.15, 0.2) is 0 Å². The average Bonchev–Trinajstić information content (AvgIpc) is 3.03. The first kappa shape index (κ1) is 16.8. The van der Waals surface area contributed by atoms with E-state index in [2.05, 4.69) is 34.3 Å². The number of amides is 1. The van der Waals surface area contributed by atoms with E-state index in [4.69, 9.17) is 0 Å². The number of anilines is 2. The first-order chi connectivity index (χ1) is 11.7. The molecule has 1 N–H and O–H groups in total. The quantitative estimate of drug-likeness (QED) is 0.868. The molecular formula is C19H23N3OS. The topological polar surface area (TPSA) is 45.2 Å². The van der Waals surface area contributed by atoms with Gasteiger partial charge in [-0.2, -0.15) is 0 Å². The molecule has 1 amide bonds. The second-order valence-corrected chi connectivity index (χ2v) is 7.27. The van der Waals surface area contributed by atoms with Crippen molar-refractivity contribution in [3.8, 4) is 0 Å². The molecule has 0 saturated carbocycles. The van der Waals surface area contributed by atoms with Gasteiger partial charge in [-0.25, -0.2) is 0 Å². The smallest absolute Gasteiger partial charge is 0.234 e. The second kappa shape index (κ2) is 8.20. The molecule has 4 nitrogen and oxygen atoms in total. The fourth-order valence-electron chi connectivity index (χ4n) is 2.87. The number of rotatable bonds is 6. The first-order valence-corrected chi connectivity index (χ1v) is 9.47. The minimum absolute atomic E-state index is 0.0337. The van der Waals surface area contributed by atoms with Crippen LogP contribution >= 0.6 is 11.8 Å². The molecule has 0 spiro atoms. The lowest BCUT2D eigenvalue weighted by Gasteiger charge is -2.18. The van der Waals surface area contributed by atoms with Crippen molar-refractivity contribution in [1.82, 2.24) is 4.98 Å². The van der Waals surface area contributed by atoms with Crippen LogP contribution in [0.15, 0.2) is 48.8 Å². The van der Waals surface area contributed by atoms with Crippen LogP contribution in [0.25, 0.3) is 0 Å². The van der Waals surface area contributed by atoms with Crippen LogP contribution in [0.3, 0.4) is 0 Å². The highest BCUT2D eigenvalue weighted by molar-refractivity contribution is 7.99. The molecule has 1 fully saturated rings. The molecule has 24 heavy (non-hydrogen) atoms. The number of hydrogen-bond donors (Lipinski definition) is 1. The van der Waals surface area contributed by atoms with Gasteiger partial charge in [-0.3, -0.25) is 9.78 Å². The second-order valence-electron chi connectivity index (χ2n) is 6.29. The monoisotopic (exact) mass is 341 g/mol. The van der Waals surface area contributed by atoms with Crippen molar-refractivity contribution in [2.75, 3.05) is 29.1 Å². The highest BCUT2D eigenvalue weighted by Crippen LogP contribution is 2.24. The van der Waals surface area contributed by atoms with Crippen molar-refractivity contribution < 1.29 is 4.79 Å². The lowest BCUT2D eigenvalue weighted by atomic mass is 10.2. The summed E-state index contributed by atoms with van der Waals surface area (Å²) in [4.78, 5) is 18.5. The molecule has 1 aromatic carbocycles. The normalized spacial score (nSPS) is 17.0. The number of nitrogens with zero attached hydrogens (tertiary/aromatic N) is 2. The molecule has 126 valence electrons. The molecule has 0 radical (unpaired) electrons. The van der Waals surface area contributed by atoms with Crippen LogP contribution in [0.2, 0.25) is 0 Å². The molecule has 1 aromatic heterocycles. The van der Waals surface area contributed by atoms with Crippen molar-refractivity contribution in [1.29, 1.82) is 0 Å². The summed E-state index contributed by atoms with van der Waals surface area (Å²) in [6.45, 7) is 4.53. The lowest BCUT2D eigenvalue weighted by molar-refractivity contribution is -0.113. The van der Waals surface area contributed by atoms with Gasteiger partial charge in [0.2, 0.25) is 5.91 Å². The summed E-state index contributed by atoms with van der Waals surface area (Å²) in [6.07, 6.45) is 4.85. The molecule has 1 aliphatic rings. The van der Waals surface area contributed by atoms with E-state index in [1.54, 1.807) is 18.0 Å². The van der Waals surface area contributed by atoms with Gasteiger partial charge in [0.05, 0.1) is 5.75 Å². The number of benzene rings is 1. The van der Waals surface area contributed by atoms with E-state index in [0.29, 0.717) is 5.75 Å². The molecule has 1 atom stereocenters. The van der Waals surface area contributed by atoms with E-state index in [-0.39, 0.29) is 5.91 Å². The SMILES string of the molecule is C[C@H]1CCN(c2ccc(NC(=O)CSCc3cccnc3)cc2)C1. The molecule has 3 rings (SSSR count). The Balaban J connectivity index is 1.44. The minimum Gasteiger partial charge on any atom is -0.371 e. The number of carbonyl (C=O) groups excluding carboxylic acids is 1. The zero-order valence-electron chi connectivity index (χ0n) is 13.9. The Bertz CT molecular complexity index is 660. The Hall–Kier alpha value is -2.01. The molecule has 5 heteroatoms. The van der Waals surface area contributed by atoms with Crippen molar-refractivity contribution >= 4 is 29.0 Å². The molecule has 2 heterocycles. The van der Waals surface area contributed by atoms with E-state index in [9.17, 15) is 4.79 Å². The summed E-state index contributed by atoms with van der Waals surface area (Å²) < 4.78 is 0. The molecule has 0 unspecified atom stereocenters. The van der Waals surface area contributed by atoms with Gasteiger partial charge in [0.1, 0.15) is 0 Å². The standard InChI is InChI=1S/C19H23N3OS/c1-15-8-10-22(12-15)18-6-4-17(5-7-18)21-19(23)14-24-13-16-3-2-9-20-11-16/h2-7,9,11,15H,8,10,12-14H2,1H3,(H,21,23)/t15-/m0/s1. The van der Waals surface area contributed by atoms with Gasteiger partial charge in [0.25, 0.3) is 0 Å². The fourth-order valence-corrected chi connectivity index (χ4v) is 3.63. The summed E-state index contributed by atoms with van der Waals surface area (Å²) in [5.41, 5.74) is 3.24. The molecular weight excluding hydrogens is 318 g/mol. The summed E-state index contributed by atoms with van der Waals surface area (Å²) in [7, 11) is 0. The summed E-state index contributed by atoms with van der Waals surface area (Å²) >= 11 is 1.60. The van der Waals surface area contributed by atoms with Crippen LogP contribution in [0, 0.1) is 5.92 Å². The zero-order valence-corrected chi connectivity index (χ0v) is 14.8. The van der Waals surface area contributed by atoms with Crippen LogP contribution in [0.5, 0.6) is 0 Å². The molecule has 1 saturated heterocycles. The van der Waals surface area contributed by atoms with Crippen molar-refractivity contribution in [2.24, 2.45) is 5.92 Å². The van der Waals surface area contributed by atoms with Gasteiger partial charge in [-0.1, -0.05) is 13.0 Å². The summed E-state index contributed by atoms with van der Waals surface area (Å²) in [5, 5.41) is 2.96. The Kier molecular flexibility index (Phi) is 5.75. The molecule has 0 aliphatic carbocycles. The largest absolute Gasteiger partial charge is 0.371 e. The fraction of sp³-hybridized carbons (Fsp3) is 0.368. The predicted molar refractivity (Wildman–Crippen MR) is 101 cm³/mol. The van der Waals surface area contributed by atoms with Crippen molar-refractivity contribution in [3.63, 3.8) is 0 Å². The van der Waals surface area contributed by atoms with E-state index < -0.39 is 0 Å². The highest BCUT2D eigenvalue weighted by atomic mass is 32.2. The Morgan fingerprint density at radius 3 is 2.83 bits per heavy atom. The van der Waals surface area contributed by atoms with Gasteiger partial charge in [-0.15, -0.1) is 11.8 Å². The van der Waals surface area contributed by atoms with E-state index >= 15 is 0 Å². The van der Waals surface area contributed by atoms with Gasteiger partial charge >= 0.3 is 0 Å². The number of aromatic nitrogens is 1. The van der Waals surface area contributed by atoms with E-state index in [1.807, 2.05) is 30.5 Å². The maximum atomic E-state index is 12.0. The van der Waals surface area contributed by atoms with Crippen LogP contribution in [-0.2, 0) is 10.5 Å². The number of hydrogen-bond acceptors (Lipinski definition) is 4.